The Balaban J connectivity index is 1.10. The summed E-state index contributed by atoms with van der Waals surface area (Å²) in [5.41, 5.74) is 19.7. The van der Waals surface area contributed by atoms with Crippen LogP contribution in [-0.2, 0) is 10.8 Å². The number of benzene rings is 9. The van der Waals surface area contributed by atoms with Gasteiger partial charge in [-0.2, -0.15) is 0 Å². The summed E-state index contributed by atoms with van der Waals surface area (Å²) < 4.78 is 0. The van der Waals surface area contributed by atoms with Crippen LogP contribution in [0, 0.1) is 0 Å². The molecule has 2 heteroatoms. The van der Waals surface area contributed by atoms with E-state index < -0.39 is 5.41 Å². The maximum atomic E-state index is 5.45. The predicted molar refractivity (Wildman–Crippen MR) is 256 cm³/mol. The van der Waals surface area contributed by atoms with Crippen LogP contribution in [0.2, 0.25) is 0 Å². The molecule has 0 aliphatic heterocycles. The Morgan fingerprint density at radius 3 is 1.45 bits per heavy atom. The second kappa shape index (κ2) is 13.9. The van der Waals surface area contributed by atoms with Crippen molar-refractivity contribution in [2.45, 2.75) is 24.7 Å². The molecule has 2 aliphatic carbocycles. The second-order valence-electron chi connectivity index (χ2n) is 17.2. The van der Waals surface area contributed by atoms with Crippen LogP contribution in [-0.4, -0.2) is 9.97 Å². The molecule has 12 rings (SSSR count). The van der Waals surface area contributed by atoms with Gasteiger partial charge in [-0.15, -0.1) is 0 Å². The Hall–Kier alpha value is -7.68. The summed E-state index contributed by atoms with van der Waals surface area (Å²) in [7, 11) is 0. The molecule has 0 atom stereocenters. The minimum atomic E-state index is -0.512. The van der Waals surface area contributed by atoms with Gasteiger partial charge in [0, 0.05) is 22.1 Å². The van der Waals surface area contributed by atoms with Gasteiger partial charge in [0.25, 0.3) is 0 Å². The molecule has 0 unspecified atom stereocenters. The fourth-order valence-corrected chi connectivity index (χ4v) is 10.9. The lowest BCUT2D eigenvalue weighted by molar-refractivity contribution is 0.660. The molecular formula is C60H42N2. The molecule has 0 bridgehead atoms. The fraction of sp³-hybridized carbons (Fsp3) is 0.0667. The largest absolute Gasteiger partial charge is 0.228 e. The topological polar surface area (TPSA) is 25.8 Å². The highest BCUT2D eigenvalue weighted by atomic mass is 14.9. The predicted octanol–water partition coefficient (Wildman–Crippen LogP) is 15.0. The van der Waals surface area contributed by atoms with Crippen LogP contribution in [0.15, 0.2) is 218 Å². The number of aromatic nitrogens is 2. The average Bonchev–Trinajstić information content (AvgIpc) is 3.78. The van der Waals surface area contributed by atoms with E-state index in [4.69, 9.17) is 9.97 Å². The van der Waals surface area contributed by atoms with E-state index in [2.05, 4.69) is 226 Å². The quantitative estimate of drug-likeness (QED) is 0.168. The molecule has 10 aromatic rings. The normalized spacial score (nSPS) is 13.9. The van der Waals surface area contributed by atoms with Gasteiger partial charge in [0.05, 0.1) is 16.8 Å². The Labute approximate surface area is 362 Å². The van der Waals surface area contributed by atoms with Crippen LogP contribution in [0.4, 0.5) is 0 Å². The van der Waals surface area contributed by atoms with Crippen LogP contribution in [0.3, 0.4) is 0 Å². The number of hydrogen-bond acceptors (Lipinski definition) is 2. The molecule has 0 fully saturated rings. The van der Waals surface area contributed by atoms with Gasteiger partial charge in [-0.3, -0.25) is 0 Å². The lowest BCUT2D eigenvalue weighted by Crippen LogP contribution is -2.28. The summed E-state index contributed by atoms with van der Waals surface area (Å²) in [6.07, 6.45) is 0. The smallest absolute Gasteiger partial charge is 0.160 e. The third kappa shape index (κ3) is 5.23. The van der Waals surface area contributed by atoms with Crippen molar-refractivity contribution in [3.63, 3.8) is 0 Å². The molecule has 2 nitrogen and oxygen atoms in total. The molecule has 0 spiro atoms. The Morgan fingerprint density at radius 2 is 0.774 bits per heavy atom. The molecule has 1 heterocycles. The monoisotopic (exact) mass is 790 g/mol. The summed E-state index contributed by atoms with van der Waals surface area (Å²) in [5, 5.41) is 2.36. The maximum Gasteiger partial charge on any atom is 0.160 e. The summed E-state index contributed by atoms with van der Waals surface area (Å²) in [6, 6.07) is 79.5. The van der Waals surface area contributed by atoms with Crippen LogP contribution >= 0.6 is 0 Å². The van der Waals surface area contributed by atoms with E-state index in [9.17, 15) is 0 Å². The minimum Gasteiger partial charge on any atom is -0.228 e. The van der Waals surface area contributed by atoms with Crippen molar-refractivity contribution in [1.82, 2.24) is 9.97 Å². The zero-order valence-corrected chi connectivity index (χ0v) is 34.7. The van der Waals surface area contributed by atoms with Crippen molar-refractivity contribution < 1.29 is 0 Å². The molecule has 9 aromatic carbocycles. The van der Waals surface area contributed by atoms with Gasteiger partial charge in [-0.05, 0) is 83.6 Å². The van der Waals surface area contributed by atoms with Gasteiger partial charge < -0.3 is 0 Å². The zero-order chi connectivity index (χ0) is 41.4. The molecular weight excluding hydrogens is 749 g/mol. The van der Waals surface area contributed by atoms with Crippen molar-refractivity contribution in [1.29, 1.82) is 0 Å². The van der Waals surface area contributed by atoms with E-state index in [0.29, 0.717) is 5.82 Å². The summed E-state index contributed by atoms with van der Waals surface area (Å²) in [5.74, 6) is 0.701. The molecule has 0 saturated carbocycles. The molecule has 0 N–H and O–H groups in total. The van der Waals surface area contributed by atoms with Gasteiger partial charge in [0.2, 0.25) is 0 Å². The molecule has 0 radical (unpaired) electrons. The van der Waals surface area contributed by atoms with Crippen molar-refractivity contribution in [2.24, 2.45) is 0 Å². The van der Waals surface area contributed by atoms with Crippen molar-refractivity contribution in [3.8, 4) is 67.3 Å². The van der Waals surface area contributed by atoms with E-state index in [-0.39, 0.29) is 5.41 Å². The van der Waals surface area contributed by atoms with Crippen LogP contribution < -0.4 is 0 Å². The summed E-state index contributed by atoms with van der Waals surface area (Å²) >= 11 is 0. The number of rotatable bonds is 6. The zero-order valence-electron chi connectivity index (χ0n) is 34.7. The SMILES string of the molecule is CC1(C)c2ccccc2-c2c(-c3ccc(-c4cc(-c5cccc6c5-c5ccccc5C6(c5ccccc5)c5ccccc5)nc(-c5ccccc5)n4)c4ccccc34)cccc21. The molecule has 0 saturated heterocycles. The molecule has 2 aliphatic rings. The van der Waals surface area contributed by atoms with Gasteiger partial charge in [-0.25, -0.2) is 9.97 Å². The van der Waals surface area contributed by atoms with Crippen molar-refractivity contribution in [2.75, 3.05) is 0 Å². The fourth-order valence-electron chi connectivity index (χ4n) is 10.9. The third-order valence-electron chi connectivity index (χ3n) is 13.6. The Bertz CT molecular complexity index is 3330. The lowest BCUT2D eigenvalue weighted by atomic mass is 9.67. The van der Waals surface area contributed by atoms with Gasteiger partial charge in [0.1, 0.15) is 0 Å². The van der Waals surface area contributed by atoms with Crippen LogP contribution in [0.25, 0.3) is 78.1 Å². The summed E-state index contributed by atoms with van der Waals surface area (Å²) in [4.78, 5) is 10.9. The first-order valence-electron chi connectivity index (χ1n) is 21.6. The number of hydrogen-bond donors (Lipinski definition) is 0. The van der Waals surface area contributed by atoms with E-state index in [0.717, 1.165) is 33.5 Å². The van der Waals surface area contributed by atoms with Crippen molar-refractivity contribution in [3.05, 3.63) is 252 Å². The van der Waals surface area contributed by atoms with E-state index in [1.807, 2.05) is 6.07 Å². The van der Waals surface area contributed by atoms with Crippen molar-refractivity contribution >= 4 is 10.8 Å². The minimum absolute atomic E-state index is 0.0805. The van der Waals surface area contributed by atoms with Gasteiger partial charge >= 0.3 is 0 Å². The Morgan fingerprint density at radius 1 is 0.323 bits per heavy atom. The second-order valence-corrected chi connectivity index (χ2v) is 17.2. The Kier molecular flexibility index (Phi) is 8.14. The summed E-state index contributed by atoms with van der Waals surface area (Å²) in [6.45, 7) is 4.70. The lowest BCUT2D eigenvalue weighted by Gasteiger charge is -2.33. The highest BCUT2D eigenvalue weighted by molar-refractivity contribution is 6.08. The first-order valence-corrected chi connectivity index (χ1v) is 21.6. The maximum absolute atomic E-state index is 5.45. The standard InChI is InChI=1S/C60H42N2/c1-59(2)50-32-16-14-28-47(50)56-46(30-18-34-52(56)59)44-36-37-45(43-27-13-12-26-42(43)44)54-38-55(62-58(61-54)39-20-6-3-7-21-39)49-31-19-35-53-57(49)48-29-15-17-33-51(48)60(53,40-22-8-4-9-23-40)41-24-10-5-11-25-41/h3-38H,1-2H3. The van der Waals surface area contributed by atoms with E-state index in [1.165, 1.54) is 72.1 Å². The van der Waals surface area contributed by atoms with Gasteiger partial charge in [0.15, 0.2) is 5.82 Å². The number of fused-ring (bicyclic) bond motifs is 7. The molecule has 292 valence electrons. The van der Waals surface area contributed by atoms with Crippen LogP contribution in [0.1, 0.15) is 47.2 Å². The first kappa shape index (κ1) is 36.2. The highest BCUT2D eigenvalue weighted by Gasteiger charge is 2.47. The molecule has 62 heavy (non-hydrogen) atoms. The molecule has 1 aromatic heterocycles. The highest BCUT2D eigenvalue weighted by Crippen LogP contribution is 2.58. The number of nitrogens with zero attached hydrogens (tertiary/aromatic N) is 2. The van der Waals surface area contributed by atoms with Gasteiger partial charge in [-0.1, -0.05) is 226 Å². The van der Waals surface area contributed by atoms with Crippen LogP contribution in [0.5, 0.6) is 0 Å². The van der Waals surface area contributed by atoms with E-state index in [1.54, 1.807) is 0 Å². The molecule has 0 amide bonds. The van der Waals surface area contributed by atoms with E-state index >= 15 is 0 Å². The third-order valence-corrected chi connectivity index (χ3v) is 13.6. The average molecular weight is 791 g/mol. The first-order chi connectivity index (χ1) is 30.5.